The predicted molar refractivity (Wildman–Crippen MR) is 88.3 cm³/mol. The fraction of sp³-hybridized carbons (Fsp3) is 0.0588. The minimum Gasteiger partial charge on any atom is -0.494 e. The molecule has 0 saturated carbocycles. The highest BCUT2D eigenvalue weighted by Crippen LogP contribution is 2.36. The summed E-state index contributed by atoms with van der Waals surface area (Å²) in [6.07, 6.45) is 0. The highest BCUT2D eigenvalue weighted by atomic mass is 16.6. The summed E-state index contributed by atoms with van der Waals surface area (Å²) in [6, 6.07) is 9.47. The first-order valence-corrected chi connectivity index (χ1v) is 7.19. The monoisotopic (exact) mass is 321 g/mol. The summed E-state index contributed by atoms with van der Waals surface area (Å²) in [7, 11) is 0. The molecule has 1 aliphatic rings. The third-order valence-corrected chi connectivity index (χ3v) is 4.05. The molecular formula is C17H11N3O4. The average Bonchev–Trinajstić information content (AvgIpc) is 3.03. The molecule has 0 bridgehead atoms. The summed E-state index contributed by atoms with van der Waals surface area (Å²) in [4.78, 5) is 30.2. The van der Waals surface area contributed by atoms with Gasteiger partial charge in [0.25, 0.3) is 5.69 Å². The van der Waals surface area contributed by atoms with Crippen molar-refractivity contribution in [2.75, 3.05) is 0 Å². The van der Waals surface area contributed by atoms with Crippen LogP contribution in [0.2, 0.25) is 0 Å². The van der Waals surface area contributed by atoms with Crippen LogP contribution in [-0.2, 0) is 0 Å². The quantitative estimate of drug-likeness (QED) is 0.557. The molecule has 24 heavy (non-hydrogen) atoms. The first-order chi connectivity index (χ1) is 11.5. The van der Waals surface area contributed by atoms with E-state index in [0.717, 1.165) is 5.56 Å². The molecule has 2 aromatic carbocycles. The van der Waals surface area contributed by atoms with Gasteiger partial charge in [-0.05, 0) is 25.1 Å². The Labute approximate surface area is 135 Å². The zero-order chi connectivity index (χ0) is 17.0. The molecule has 0 amide bonds. The van der Waals surface area contributed by atoms with E-state index in [9.17, 15) is 20.0 Å². The van der Waals surface area contributed by atoms with Crippen molar-refractivity contribution in [3.05, 3.63) is 63.2 Å². The molecule has 0 unspecified atom stereocenters. The molecule has 0 spiro atoms. The molecule has 0 aliphatic carbocycles. The van der Waals surface area contributed by atoms with E-state index in [1.165, 1.54) is 18.2 Å². The fourth-order valence-corrected chi connectivity index (χ4v) is 2.92. The number of nitrogens with zero attached hydrogens (tertiary/aromatic N) is 2. The predicted octanol–water partition coefficient (Wildman–Crippen LogP) is 3.41. The molecule has 0 fully saturated rings. The molecule has 2 heterocycles. The Kier molecular flexibility index (Phi) is 2.80. The summed E-state index contributed by atoms with van der Waals surface area (Å²) in [5, 5.41) is 21.6. The van der Waals surface area contributed by atoms with Crippen LogP contribution in [0.25, 0.3) is 10.9 Å². The summed E-state index contributed by atoms with van der Waals surface area (Å²) in [5.74, 6) is -0.543. The molecule has 118 valence electrons. The number of aliphatic imine (C=N–C) groups is 1. The lowest BCUT2D eigenvalue weighted by atomic mass is 10.0. The minimum atomic E-state index is -0.524. The molecule has 1 aliphatic heterocycles. The lowest BCUT2D eigenvalue weighted by Crippen LogP contribution is -2.11. The Hall–Kier alpha value is -3.48. The molecule has 7 heteroatoms. The van der Waals surface area contributed by atoms with E-state index in [1.54, 1.807) is 12.1 Å². The first-order valence-electron chi connectivity index (χ1n) is 7.19. The number of aromatic nitrogens is 1. The number of hydrogen-bond donors (Lipinski definition) is 2. The number of Topliss-reactive ketones (excluding diaryl/α,β-unsaturated/α-hetero) is 1. The van der Waals surface area contributed by atoms with Gasteiger partial charge >= 0.3 is 0 Å². The Balaban J connectivity index is 1.94. The number of carbonyl (C=O) groups excluding carboxylic acids is 1. The molecule has 0 atom stereocenters. The van der Waals surface area contributed by atoms with Crippen LogP contribution in [0.5, 0.6) is 5.88 Å². The first kappa shape index (κ1) is 14.1. The number of aromatic hydroxyl groups is 1. The number of benzene rings is 2. The van der Waals surface area contributed by atoms with Crippen LogP contribution in [-0.4, -0.2) is 26.5 Å². The molecular weight excluding hydrogens is 310 g/mol. The van der Waals surface area contributed by atoms with Crippen LogP contribution in [0.4, 0.5) is 11.4 Å². The maximum atomic E-state index is 12.7. The van der Waals surface area contributed by atoms with Crippen LogP contribution >= 0.6 is 0 Å². The van der Waals surface area contributed by atoms with Gasteiger partial charge < -0.3 is 10.1 Å². The van der Waals surface area contributed by atoms with E-state index in [1.807, 2.05) is 13.0 Å². The lowest BCUT2D eigenvalue weighted by Gasteiger charge is -1.99. The summed E-state index contributed by atoms with van der Waals surface area (Å²) < 4.78 is 0. The smallest absolute Gasteiger partial charge is 0.270 e. The van der Waals surface area contributed by atoms with Gasteiger partial charge in [-0.15, -0.1) is 0 Å². The highest BCUT2D eigenvalue weighted by Gasteiger charge is 2.30. The number of carbonyl (C=O) groups is 1. The molecule has 0 radical (unpaired) electrons. The summed E-state index contributed by atoms with van der Waals surface area (Å²) in [6.45, 7) is 1.87. The van der Waals surface area contributed by atoms with E-state index >= 15 is 0 Å². The van der Waals surface area contributed by atoms with Gasteiger partial charge in [-0.2, -0.15) is 0 Å². The fourth-order valence-electron chi connectivity index (χ4n) is 2.92. The zero-order valence-electron chi connectivity index (χ0n) is 12.5. The lowest BCUT2D eigenvalue weighted by molar-refractivity contribution is -0.384. The van der Waals surface area contributed by atoms with Crippen LogP contribution < -0.4 is 0 Å². The van der Waals surface area contributed by atoms with Crippen molar-refractivity contribution < 1.29 is 14.8 Å². The number of nitrogens with one attached hydrogen (secondary N) is 1. The van der Waals surface area contributed by atoms with E-state index in [-0.39, 0.29) is 28.6 Å². The van der Waals surface area contributed by atoms with Crippen molar-refractivity contribution in [1.82, 2.24) is 4.98 Å². The van der Waals surface area contributed by atoms with Gasteiger partial charge in [0, 0.05) is 23.0 Å². The number of rotatable bonds is 2. The Morgan fingerprint density at radius 1 is 1.21 bits per heavy atom. The van der Waals surface area contributed by atoms with Gasteiger partial charge in [0.2, 0.25) is 5.78 Å². The molecule has 0 saturated heterocycles. The standard InChI is InChI=1S/C17H11N3O4/c1-8-2-4-13-11(6-8)16(21)15(18-13)14-10-7-9(20(23)24)3-5-12(10)19-17(14)22/h2-7,19,22H,1H3. The Bertz CT molecular complexity index is 1080. The van der Waals surface area contributed by atoms with Crippen molar-refractivity contribution in [3.8, 4) is 5.88 Å². The highest BCUT2D eigenvalue weighted by molar-refractivity contribution is 6.56. The number of nitro groups is 1. The van der Waals surface area contributed by atoms with Crippen molar-refractivity contribution in [3.63, 3.8) is 0 Å². The van der Waals surface area contributed by atoms with Crippen molar-refractivity contribution in [2.24, 2.45) is 4.99 Å². The number of fused-ring (bicyclic) bond motifs is 2. The van der Waals surface area contributed by atoms with Gasteiger partial charge in [0.15, 0.2) is 5.88 Å². The third kappa shape index (κ3) is 1.91. The molecule has 4 rings (SSSR count). The second-order valence-electron chi connectivity index (χ2n) is 5.65. The van der Waals surface area contributed by atoms with Gasteiger partial charge in [-0.25, -0.2) is 4.99 Å². The van der Waals surface area contributed by atoms with Crippen molar-refractivity contribution >= 4 is 33.8 Å². The number of aromatic amines is 1. The summed E-state index contributed by atoms with van der Waals surface area (Å²) in [5.41, 5.74) is 2.56. The van der Waals surface area contributed by atoms with Crippen LogP contribution in [0, 0.1) is 17.0 Å². The largest absolute Gasteiger partial charge is 0.494 e. The Morgan fingerprint density at radius 2 is 2.00 bits per heavy atom. The van der Waals surface area contributed by atoms with Gasteiger partial charge in [-0.1, -0.05) is 11.6 Å². The van der Waals surface area contributed by atoms with Crippen molar-refractivity contribution in [1.29, 1.82) is 0 Å². The number of H-pyrrole nitrogens is 1. The van der Waals surface area contributed by atoms with Crippen LogP contribution in [0.1, 0.15) is 21.5 Å². The van der Waals surface area contributed by atoms with Crippen molar-refractivity contribution in [2.45, 2.75) is 6.92 Å². The molecule has 1 aromatic heterocycles. The SMILES string of the molecule is Cc1ccc2c(c1)C(=O)C(c1c(O)[nH]c3ccc([N+](=O)[O-])cc13)=N2. The maximum Gasteiger partial charge on any atom is 0.270 e. The van der Waals surface area contributed by atoms with Gasteiger partial charge in [-0.3, -0.25) is 14.9 Å². The molecule has 2 N–H and O–H groups in total. The summed E-state index contributed by atoms with van der Waals surface area (Å²) >= 11 is 0. The van der Waals surface area contributed by atoms with E-state index in [2.05, 4.69) is 9.98 Å². The zero-order valence-corrected chi connectivity index (χ0v) is 12.5. The number of hydrogen-bond acceptors (Lipinski definition) is 5. The van der Waals surface area contributed by atoms with Crippen LogP contribution in [0.15, 0.2) is 41.4 Å². The minimum absolute atomic E-state index is 0.0832. The number of ketones is 1. The third-order valence-electron chi connectivity index (χ3n) is 4.05. The van der Waals surface area contributed by atoms with Gasteiger partial charge in [0.05, 0.1) is 21.7 Å². The topological polar surface area (TPSA) is 109 Å². The number of aryl methyl sites for hydroxylation is 1. The average molecular weight is 321 g/mol. The van der Waals surface area contributed by atoms with E-state index in [4.69, 9.17) is 0 Å². The molecule has 3 aromatic rings. The normalized spacial score (nSPS) is 13.2. The Morgan fingerprint density at radius 3 is 2.75 bits per heavy atom. The molecule has 7 nitrogen and oxygen atoms in total. The van der Waals surface area contributed by atoms with Gasteiger partial charge in [0.1, 0.15) is 5.71 Å². The van der Waals surface area contributed by atoms with E-state index < -0.39 is 4.92 Å². The van der Waals surface area contributed by atoms with E-state index in [0.29, 0.717) is 22.2 Å². The maximum absolute atomic E-state index is 12.7. The van der Waals surface area contributed by atoms with Crippen LogP contribution in [0.3, 0.4) is 0 Å². The number of non-ortho nitro benzene ring substituents is 1. The number of nitro benzene ring substituents is 1. The second kappa shape index (κ2) is 4.76. The second-order valence-corrected chi connectivity index (χ2v) is 5.65.